The van der Waals surface area contributed by atoms with Crippen LogP contribution in [-0.4, -0.2) is 24.1 Å². The Balaban J connectivity index is 1.73. The van der Waals surface area contributed by atoms with Crippen molar-refractivity contribution in [1.29, 1.82) is 5.41 Å². The van der Waals surface area contributed by atoms with Gasteiger partial charge in [-0.15, -0.1) is 0 Å². The van der Waals surface area contributed by atoms with Crippen molar-refractivity contribution in [2.45, 2.75) is 50.7 Å². The van der Waals surface area contributed by atoms with Crippen molar-refractivity contribution in [1.82, 2.24) is 0 Å². The zero-order valence-electron chi connectivity index (χ0n) is 11.9. The number of amidine groups is 1. The maximum atomic E-state index is 7.53. The second-order valence-corrected chi connectivity index (χ2v) is 6.01. The van der Waals surface area contributed by atoms with Gasteiger partial charge in [0.1, 0.15) is 17.7 Å². The highest BCUT2D eigenvalue weighted by atomic mass is 16.5. The molecule has 20 heavy (non-hydrogen) atoms. The van der Waals surface area contributed by atoms with Gasteiger partial charge in [0.2, 0.25) is 0 Å². The van der Waals surface area contributed by atoms with Crippen LogP contribution < -0.4 is 10.5 Å². The zero-order chi connectivity index (χ0) is 14.2. The van der Waals surface area contributed by atoms with E-state index in [2.05, 4.69) is 0 Å². The fraction of sp³-hybridized carbons (Fsp3) is 0.562. The minimum atomic E-state index is 0.0808. The van der Waals surface area contributed by atoms with Gasteiger partial charge >= 0.3 is 0 Å². The third kappa shape index (κ3) is 2.52. The molecule has 108 valence electrons. The fourth-order valence-corrected chi connectivity index (χ4v) is 3.08. The van der Waals surface area contributed by atoms with Crippen molar-refractivity contribution < 1.29 is 9.47 Å². The lowest BCUT2D eigenvalue weighted by Gasteiger charge is -2.47. The molecule has 2 aliphatic rings. The number of nitrogens with two attached hydrogens (primary N) is 1. The summed E-state index contributed by atoms with van der Waals surface area (Å²) in [6.45, 7) is 2.81. The summed E-state index contributed by atoms with van der Waals surface area (Å²) < 4.78 is 12.1. The SMILES string of the molecule is Cc1ccc(C(=N)N)cc1OC1CCOC2(CCC2)C1. The van der Waals surface area contributed by atoms with Crippen molar-refractivity contribution in [3.05, 3.63) is 29.3 Å². The van der Waals surface area contributed by atoms with Crippen LogP contribution in [0.2, 0.25) is 0 Å². The Morgan fingerprint density at radius 3 is 2.90 bits per heavy atom. The van der Waals surface area contributed by atoms with Gasteiger partial charge in [0.25, 0.3) is 0 Å². The standard InChI is InChI=1S/C16H22N2O2/c1-11-3-4-12(15(17)18)9-14(11)20-13-5-8-19-16(10-13)6-2-7-16/h3-4,9,13H,2,5-8,10H2,1H3,(H3,17,18). The van der Waals surface area contributed by atoms with Crippen molar-refractivity contribution >= 4 is 5.84 Å². The molecule has 3 rings (SSSR count). The third-order valence-corrected chi connectivity index (χ3v) is 4.51. The maximum absolute atomic E-state index is 7.53. The highest BCUT2D eigenvalue weighted by Crippen LogP contribution is 2.43. The van der Waals surface area contributed by atoms with Gasteiger partial charge in [0.05, 0.1) is 12.2 Å². The lowest BCUT2D eigenvalue weighted by Crippen LogP contribution is -2.48. The number of nitrogen functional groups attached to an aromatic ring is 1. The summed E-state index contributed by atoms with van der Waals surface area (Å²) in [4.78, 5) is 0. The van der Waals surface area contributed by atoms with Gasteiger partial charge in [-0.25, -0.2) is 0 Å². The van der Waals surface area contributed by atoms with E-state index in [1.54, 1.807) is 0 Å². The average molecular weight is 274 g/mol. The minimum absolute atomic E-state index is 0.0808. The van der Waals surface area contributed by atoms with E-state index < -0.39 is 0 Å². The topological polar surface area (TPSA) is 68.3 Å². The number of ether oxygens (including phenoxy) is 2. The first-order valence-electron chi connectivity index (χ1n) is 7.34. The lowest BCUT2D eigenvalue weighted by atomic mass is 9.74. The van der Waals surface area contributed by atoms with E-state index in [1.807, 2.05) is 25.1 Å². The monoisotopic (exact) mass is 274 g/mol. The highest BCUT2D eigenvalue weighted by molar-refractivity contribution is 5.95. The third-order valence-electron chi connectivity index (χ3n) is 4.51. The molecule has 0 bridgehead atoms. The van der Waals surface area contributed by atoms with Crippen LogP contribution in [-0.2, 0) is 4.74 Å². The molecule has 1 spiro atoms. The van der Waals surface area contributed by atoms with E-state index in [1.165, 1.54) is 19.3 Å². The molecule has 1 saturated heterocycles. The summed E-state index contributed by atoms with van der Waals surface area (Å²) in [6.07, 6.45) is 5.73. The van der Waals surface area contributed by atoms with Gasteiger partial charge in [-0.1, -0.05) is 12.1 Å². The van der Waals surface area contributed by atoms with Crippen molar-refractivity contribution in [2.24, 2.45) is 5.73 Å². The molecule has 3 N–H and O–H groups in total. The van der Waals surface area contributed by atoms with Crippen molar-refractivity contribution in [3.8, 4) is 5.75 Å². The molecular formula is C16H22N2O2. The predicted octanol–water partition coefficient (Wildman–Crippen LogP) is 2.76. The van der Waals surface area contributed by atoms with Crippen molar-refractivity contribution in [3.63, 3.8) is 0 Å². The van der Waals surface area contributed by atoms with Crippen LogP contribution in [0.5, 0.6) is 5.75 Å². The minimum Gasteiger partial charge on any atom is -0.490 e. The van der Waals surface area contributed by atoms with Crippen LogP contribution in [0.1, 0.15) is 43.2 Å². The Morgan fingerprint density at radius 1 is 1.45 bits per heavy atom. The van der Waals surface area contributed by atoms with E-state index >= 15 is 0 Å². The number of rotatable bonds is 3. The first-order chi connectivity index (χ1) is 9.58. The molecule has 1 aliphatic heterocycles. The Labute approximate surface area is 119 Å². The van der Waals surface area contributed by atoms with Crippen LogP contribution in [0.15, 0.2) is 18.2 Å². The quantitative estimate of drug-likeness (QED) is 0.658. The average Bonchev–Trinajstić information content (AvgIpc) is 2.39. The zero-order valence-corrected chi connectivity index (χ0v) is 11.9. The first-order valence-corrected chi connectivity index (χ1v) is 7.34. The van der Waals surface area contributed by atoms with Gasteiger partial charge in [-0.05, 0) is 37.8 Å². The van der Waals surface area contributed by atoms with Gasteiger partial charge in [0, 0.05) is 18.4 Å². The van der Waals surface area contributed by atoms with Crippen LogP contribution in [0.4, 0.5) is 0 Å². The van der Waals surface area contributed by atoms with E-state index in [9.17, 15) is 0 Å². The molecule has 1 aliphatic carbocycles. The summed E-state index contributed by atoms with van der Waals surface area (Å²) in [5, 5.41) is 7.53. The van der Waals surface area contributed by atoms with Crippen LogP contribution in [0.25, 0.3) is 0 Å². The van der Waals surface area contributed by atoms with E-state index in [4.69, 9.17) is 20.6 Å². The maximum Gasteiger partial charge on any atom is 0.123 e. The molecule has 1 aromatic carbocycles. The fourth-order valence-electron chi connectivity index (χ4n) is 3.08. The Morgan fingerprint density at radius 2 is 2.25 bits per heavy atom. The Bertz CT molecular complexity index is 523. The molecule has 1 saturated carbocycles. The lowest BCUT2D eigenvalue weighted by molar-refractivity contribution is -0.153. The molecule has 1 heterocycles. The Hall–Kier alpha value is -1.55. The van der Waals surface area contributed by atoms with Gasteiger partial charge < -0.3 is 15.2 Å². The predicted molar refractivity (Wildman–Crippen MR) is 78.4 cm³/mol. The molecule has 0 amide bonds. The summed E-state index contributed by atoms with van der Waals surface area (Å²) >= 11 is 0. The first kappa shape index (κ1) is 13.4. The van der Waals surface area contributed by atoms with Crippen LogP contribution in [0, 0.1) is 12.3 Å². The normalized spacial score (nSPS) is 24.1. The number of aryl methyl sites for hydroxylation is 1. The molecule has 2 fully saturated rings. The number of hydrogen-bond acceptors (Lipinski definition) is 3. The van der Waals surface area contributed by atoms with E-state index in [0.717, 1.165) is 36.3 Å². The van der Waals surface area contributed by atoms with Gasteiger partial charge in [-0.2, -0.15) is 0 Å². The number of benzene rings is 1. The Kier molecular flexibility index (Phi) is 3.42. The van der Waals surface area contributed by atoms with Gasteiger partial charge in [-0.3, -0.25) is 5.41 Å². The summed E-state index contributed by atoms with van der Waals surface area (Å²) in [6, 6.07) is 5.70. The molecule has 1 atom stereocenters. The van der Waals surface area contributed by atoms with E-state index in [0.29, 0.717) is 0 Å². The van der Waals surface area contributed by atoms with Crippen LogP contribution >= 0.6 is 0 Å². The number of hydrogen-bond donors (Lipinski definition) is 2. The summed E-state index contributed by atoms with van der Waals surface area (Å²) in [7, 11) is 0. The molecule has 0 radical (unpaired) electrons. The summed E-state index contributed by atoms with van der Waals surface area (Å²) in [5.41, 5.74) is 7.45. The molecule has 1 aromatic rings. The molecule has 4 heteroatoms. The highest BCUT2D eigenvalue weighted by Gasteiger charge is 2.43. The molecular weight excluding hydrogens is 252 g/mol. The largest absolute Gasteiger partial charge is 0.490 e. The molecule has 0 aromatic heterocycles. The number of nitrogens with one attached hydrogen (secondary N) is 1. The van der Waals surface area contributed by atoms with Crippen molar-refractivity contribution in [2.75, 3.05) is 6.61 Å². The van der Waals surface area contributed by atoms with E-state index in [-0.39, 0.29) is 17.5 Å². The van der Waals surface area contributed by atoms with Crippen LogP contribution in [0.3, 0.4) is 0 Å². The molecule has 1 unspecified atom stereocenters. The molecule has 4 nitrogen and oxygen atoms in total. The smallest absolute Gasteiger partial charge is 0.123 e. The van der Waals surface area contributed by atoms with Gasteiger partial charge in [0.15, 0.2) is 0 Å². The second-order valence-electron chi connectivity index (χ2n) is 6.01. The summed E-state index contributed by atoms with van der Waals surface area (Å²) in [5.74, 6) is 0.927. The second kappa shape index (κ2) is 5.09.